The maximum atomic E-state index is 12.2. The van der Waals surface area contributed by atoms with Gasteiger partial charge in [0.1, 0.15) is 0 Å². The summed E-state index contributed by atoms with van der Waals surface area (Å²) in [6.45, 7) is 7.21. The molecule has 0 radical (unpaired) electrons. The highest BCUT2D eigenvalue weighted by molar-refractivity contribution is 7.12. The molecule has 0 saturated carbocycles. The highest BCUT2D eigenvalue weighted by Gasteiger charge is 2.23. The van der Waals surface area contributed by atoms with E-state index in [9.17, 15) is 4.79 Å². The second kappa shape index (κ2) is 6.59. The van der Waals surface area contributed by atoms with Crippen molar-refractivity contribution in [1.82, 2.24) is 15.1 Å². The molecule has 1 N–H and O–H groups in total. The number of rotatable bonds is 4. The molecule has 1 fully saturated rings. The molecule has 0 aromatic carbocycles. The van der Waals surface area contributed by atoms with Gasteiger partial charge in [0.15, 0.2) is 0 Å². The first-order valence-electron chi connectivity index (χ1n) is 7.22. The van der Waals surface area contributed by atoms with Crippen molar-refractivity contribution in [2.24, 2.45) is 5.92 Å². The number of urea groups is 1. The Bertz CT molecular complexity index is 460. The molecule has 5 heteroatoms. The van der Waals surface area contributed by atoms with E-state index < -0.39 is 0 Å². The van der Waals surface area contributed by atoms with Crippen LogP contribution in [0.1, 0.15) is 29.1 Å². The Morgan fingerprint density at radius 2 is 2.35 bits per heavy atom. The van der Waals surface area contributed by atoms with Gasteiger partial charge in [-0.1, -0.05) is 0 Å². The van der Waals surface area contributed by atoms with Crippen LogP contribution in [0, 0.1) is 12.8 Å². The van der Waals surface area contributed by atoms with E-state index in [4.69, 9.17) is 0 Å². The fraction of sp³-hybridized carbons (Fsp3) is 0.667. The zero-order valence-electron chi connectivity index (χ0n) is 12.8. The number of hydrogen-bond acceptors (Lipinski definition) is 3. The van der Waals surface area contributed by atoms with Gasteiger partial charge in [-0.15, -0.1) is 11.3 Å². The third kappa shape index (κ3) is 3.96. The summed E-state index contributed by atoms with van der Waals surface area (Å²) in [6.07, 6.45) is 1.19. The third-order valence-corrected chi connectivity index (χ3v) is 5.08. The molecule has 112 valence electrons. The molecule has 1 aromatic heterocycles. The van der Waals surface area contributed by atoms with Gasteiger partial charge in [-0.2, -0.15) is 0 Å². The number of likely N-dealkylation sites (tertiary alicyclic amines) is 1. The fourth-order valence-electron chi connectivity index (χ4n) is 2.70. The Balaban J connectivity index is 1.81. The van der Waals surface area contributed by atoms with Gasteiger partial charge in [0, 0.05) is 29.9 Å². The van der Waals surface area contributed by atoms with Crippen LogP contribution in [0.2, 0.25) is 0 Å². The summed E-state index contributed by atoms with van der Waals surface area (Å²) in [4.78, 5) is 18.8. The quantitative estimate of drug-likeness (QED) is 0.927. The van der Waals surface area contributed by atoms with Crippen molar-refractivity contribution in [3.63, 3.8) is 0 Å². The van der Waals surface area contributed by atoms with Gasteiger partial charge >= 0.3 is 6.03 Å². The number of carbonyl (C=O) groups is 1. The van der Waals surface area contributed by atoms with Crippen LogP contribution in [-0.4, -0.2) is 49.6 Å². The molecule has 2 amide bonds. The Morgan fingerprint density at radius 1 is 1.60 bits per heavy atom. The van der Waals surface area contributed by atoms with Gasteiger partial charge in [0.25, 0.3) is 0 Å². The second-order valence-corrected chi connectivity index (χ2v) is 7.24. The summed E-state index contributed by atoms with van der Waals surface area (Å²) in [5.74, 6) is 0.607. The smallest absolute Gasteiger partial charge is 0.317 e. The lowest BCUT2D eigenvalue weighted by Gasteiger charge is -2.23. The molecular formula is C15H25N3OS. The van der Waals surface area contributed by atoms with Gasteiger partial charge in [-0.3, -0.25) is 0 Å². The highest BCUT2D eigenvalue weighted by atomic mass is 32.1. The van der Waals surface area contributed by atoms with E-state index in [2.05, 4.69) is 36.3 Å². The van der Waals surface area contributed by atoms with Crippen LogP contribution < -0.4 is 5.32 Å². The number of nitrogens with zero attached hydrogens (tertiary/aromatic N) is 2. The predicted molar refractivity (Wildman–Crippen MR) is 84.2 cm³/mol. The Labute approximate surface area is 125 Å². The van der Waals surface area contributed by atoms with Crippen LogP contribution in [0.3, 0.4) is 0 Å². The van der Waals surface area contributed by atoms with Crippen LogP contribution in [0.15, 0.2) is 12.1 Å². The second-order valence-electron chi connectivity index (χ2n) is 5.92. The predicted octanol–water partition coefficient (Wildman–Crippen LogP) is 2.71. The lowest BCUT2D eigenvalue weighted by atomic mass is 10.1. The standard InChI is InChI=1S/C15H25N3OS/c1-11-5-6-14(20-11)12(2)16-15(19)18(4)10-13-7-8-17(3)9-13/h5-6,12-13H,7-10H2,1-4H3,(H,16,19)/t12-,13+/m0/s1. The molecule has 0 aliphatic carbocycles. The molecule has 0 spiro atoms. The number of thiophene rings is 1. The van der Waals surface area contributed by atoms with Gasteiger partial charge in [0.05, 0.1) is 6.04 Å². The number of nitrogens with one attached hydrogen (secondary N) is 1. The molecule has 1 aromatic rings. The first-order chi connectivity index (χ1) is 9.45. The Morgan fingerprint density at radius 3 is 2.90 bits per heavy atom. The maximum Gasteiger partial charge on any atom is 0.317 e. The normalized spacial score (nSPS) is 20.9. The molecule has 20 heavy (non-hydrogen) atoms. The van der Waals surface area contributed by atoms with E-state index in [1.165, 1.54) is 16.2 Å². The Kier molecular flexibility index (Phi) is 5.05. The number of aryl methyl sites for hydroxylation is 1. The van der Waals surface area contributed by atoms with Crippen molar-refractivity contribution in [3.8, 4) is 0 Å². The molecule has 1 aliphatic rings. The summed E-state index contributed by atoms with van der Waals surface area (Å²) in [7, 11) is 4.03. The van der Waals surface area contributed by atoms with Crippen LogP contribution in [0.25, 0.3) is 0 Å². The average molecular weight is 295 g/mol. The molecule has 2 atom stereocenters. The molecule has 0 bridgehead atoms. The summed E-state index contributed by atoms with van der Waals surface area (Å²) in [5.41, 5.74) is 0. The van der Waals surface area contributed by atoms with Crippen molar-refractivity contribution < 1.29 is 4.79 Å². The van der Waals surface area contributed by atoms with Crippen molar-refractivity contribution in [2.75, 3.05) is 33.7 Å². The lowest BCUT2D eigenvalue weighted by molar-refractivity contribution is 0.197. The zero-order valence-corrected chi connectivity index (χ0v) is 13.7. The minimum atomic E-state index is 0.0260. The number of hydrogen-bond donors (Lipinski definition) is 1. The summed E-state index contributed by atoms with van der Waals surface area (Å²) in [6, 6.07) is 4.30. The van der Waals surface area contributed by atoms with E-state index >= 15 is 0 Å². The molecule has 2 heterocycles. The van der Waals surface area contributed by atoms with E-state index in [1.807, 2.05) is 18.9 Å². The molecule has 1 saturated heterocycles. The van der Waals surface area contributed by atoms with Crippen LogP contribution in [0.5, 0.6) is 0 Å². The molecule has 4 nitrogen and oxygen atoms in total. The van der Waals surface area contributed by atoms with Gasteiger partial charge < -0.3 is 15.1 Å². The molecule has 2 rings (SSSR count). The third-order valence-electron chi connectivity index (χ3n) is 3.90. The minimum Gasteiger partial charge on any atom is -0.331 e. The van der Waals surface area contributed by atoms with Crippen molar-refractivity contribution >= 4 is 17.4 Å². The number of amides is 2. The average Bonchev–Trinajstić information content (AvgIpc) is 2.98. The first-order valence-corrected chi connectivity index (χ1v) is 8.04. The van der Waals surface area contributed by atoms with Crippen molar-refractivity contribution in [2.45, 2.75) is 26.3 Å². The van der Waals surface area contributed by atoms with E-state index in [0.717, 1.165) is 19.6 Å². The van der Waals surface area contributed by atoms with Crippen molar-refractivity contribution in [1.29, 1.82) is 0 Å². The number of carbonyl (C=O) groups excluding carboxylic acids is 1. The van der Waals surface area contributed by atoms with Crippen LogP contribution >= 0.6 is 11.3 Å². The van der Waals surface area contributed by atoms with Gasteiger partial charge in [-0.05, 0) is 51.9 Å². The maximum absolute atomic E-state index is 12.2. The summed E-state index contributed by atoms with van der Waals surface area (Å²) in [5, 5.41) is 3.08. The van der Waals surface area contributed by atoms with E-state index in [-0.39, 0.29) is 12.1 Å². The largest absolute Gasteiger partial charge is 0.331 e. The first kappa shape index (κ1) is 15.3. The zero-order chi connectivity index (χ0) is 14.7. The van der Waals surface area contributed by atoms with E-state index in [0.29, 0.717) is 5.92 Å². The molecular weight excluding hydrogens is 270 g/mol. The van der Waals surface area contributed by atoms with Crippen LogP contribution in [0.4, 0.5) is 4.79 Å². The van der Waals surface area contributed by atoms with Gasteiger partial charge in [0.2, 0.25) is 0 Å². The lowest BCUT2D eigenvalue weighted by Crippen LogP contribution is -2.41. The highest BCUT2D eigenvalue weighted by Crippen LogP contribution is 2.22. The van der Waals surface area contributed by atoms with E-state index in [1.54, 1.807) is 11.3 Å². The molecule has 1 aliphatic heterocycles. The molecule has 0 unspecified atom stereocenters. The van der Waals surface area contributed by atoms with Crippen LogP contribution in [-0.2, 0) is 0 Å². The fourth-order valence-corrected chi connectivity index (χ4v) is 3.58. The minimum absolute atomic E-state index is 0.0260. The Hall–Kier alpha value is -1.07. The summed E-state index contributed by atoms with van der Waals surface area (Å²) >= 11 is 1.74. The SMILES string of the molecule is Cc1ccc([C@H](C)NC(=O)N(C)C[C@@H]2CCN(C)C2)s1. The topological polar surface area (TPSA) is 35.6 Å². The van der Waals surface area contributed by atoms with Crippen molar-refractivity contribution in [3.05, 3.63) is 21.9 Å². The monoisotopic (exact) mass is 295 g/mol. The summed E-state index contributed by atoms with van der Waals surface area (Å²) < 4.78 is 0. The van der Waals surface area contributed by atoms with Gasteiger partial charge in [-0.25, -0.2) is 4.79 Å².